The van der Waals surface area contributed by atoms with Crippen molar-refractivity contribution >= 4 is 23.2 Å². The van der Waals surface area contributed by atoms with Crippen LogP contribution in [0.25, 0.3) is 0 Å². The maximum absolute atomic E-state index is 13.1. The molecule has 3 rings (SSSR count). The Kier molecular flexibility index (Phi) is 10.0. The van der Waals surface area contributed by atoms with Crippen LogP contribution in [0.15, 0.2) is 54.6 Å². The largest absolute Gasteiger partial charge is 0.484 e. The smallest absolute Gasteiger partial charge is 0.264 e. The van der Waals surface area contributed by atoms with E-state index in [2.05, 4.69) is 17.0 Å². The van der Waals surface area contributed by atoms with Gasteiger partial charge in [-0.2, -0.15) is 0 Å². The minimum atomic E-state index is -0.362. The summed E-state index contributed by atoms with van der Waals surface area (Å²) in [6.45, 7) is 2.74. The first-order chi connectivity index (χ1) is 16.2. The molecule has 2 amide bonds. The molecule has 1 heterocycles. The van der Waals surface area contributed by atoms with Crippen molar-refractivity contribution < 1.29 is 19.5 Å². The maximum Gasteiger partial charge on any atom is 0.264 e. The first-order valence-electron chi connectivity index (χ1n) is 11.9. The van der Waals surface area contributed by atoms with Gasteiger partial charge in [0.15, 0.2) is 6.61 Å². The van der Waals surface area contributed by atoms with Crippen LogP contribution in [0.3, 0.4) is 0 Å². The molecule has 1 aliphatic heterocycles. The van der Waals surface area contributed by atoms with E-state index in [4.69, 9.17) is 9.94 Å². The SMILES string of the molecule is O=C(CCCCCCN(C(=O)COc1ccccc1)c1ccc(N2CCCCC2)cc1)NO. The van der Waals surface area contributed by atoms with Gasteiger partial charge in [0.25, 0.3) is 5.91 Å². The number of hydroxylamine groups is 1. The van der Waals surface area contributed by atoms with Gasteiger partial charge < -0.3 is 14.5 Å². The number of nitrogens with one attached hydrogen (secondary N) is 1. The highest BCUT2D eigenvalue weighted by atomic mass is 16.5. The molecule has 0 atom stereocenters. The van der Waals surface area contributed by atoms with Crippen molar-refractivity contribution in [1.82, 2.24) is 5.48 Å². The minimum Gasteiger partial charge on any atom is -0.484 e. The zero-order chi connectivity index (χ0) is 23.3. The second-order valence-electron chi connectivity index (χ2n) is 8.41. The molecule has 2 N–H and O–H groups in total. The molecule has 0 spiro atoms. The quantitative estimate of drug-likeness (QED) is 0.280. The summed E-state index contributed by atoms with van der Waals surface area (Å²) in [6, 6.07) is 17.6. The summed E-state index contributed by atoms with van der Waals surface area (Å²) in [4.78, 5) is 28.4. The molecule has 1 fully saturated rings. The molecule has 0 aliphatic carbocycles. The summed E-state index contributed by atoms with van der Waals surface area (Å²) in [5.41, 5.74) is 3.73. The highest BCUT2D eigenvalue weighted by Crippen LogP contribution is 2.24. The second-order valence-corrected chi connectivity index (χ2v) is 8.41. The number of hydrogen-bond acceptors (Lipinski definition) is 5. The predicted octanol–water partition coefficient (Wildman–Crippen LogP) is 4.54. The summed E-state index contributed by atoms with van der Waals surface area (Å²) in [5.74, 6) is 0.233. The number of nitrogens with zero attached hydrogens (tertiary/aromatic N) is 2. The van der Waals surface area contributed by atoms with Gasteiger partial charge in [0.05, 0.1) is 0 Å². The molecule has 1 saturated heterocycles. The summed E-state index contributed by atoms with van der Waals surface area (Å²) in [5, 5.41) is 8.57. The number of benzene rings is 2. The molecule has 178 valence electrons. The van der Waals surface area contributed by atoms with E-state index in [1.165, 1.54) is 24.9 Å². The lowest BCUT2D eigenvalue weighted by atomic mass is 10.1. The average molecular weight is 454 g/mol. The van der Waals surface area contributed by atoms with Crippen LogP contribution in [0.5, 0.6) is 5.75 Å². The Balaban J connectivity index is 1.58. The van der Waals surface area contributed by atoms with Gasteiger partial charge in [-0.05, 0) is 68.5 Å². The van der Waals surface area contributed by atoms with Crippen molar-refractivity contribution in [3.8, 4) is 5.75 Å². The van der Waals surface area contributed by atoms with Gasteiger partial charge in [0, 0.05) is 37.4 Å². The standard InChI is InChI=1S/C26H35N3O4/c30-25(27-32)13-7-1-2-10-20-29(26(31)21-33-24-11-5-3-6-12-24)23-16-14-22(15-17-23)28-18-8-4-9-19-28/h3,5-6,11-12,14-17,32H,1-2,4,7-10,13,18-21H2,(H,27,30). The topological polar surface area (TPSA) is 82.1 Å². The molecular formula is C26H35N3O4. The van der Waals surface area contributed by atoms with Gasteiger partial charge in [-0.15, -0.1) is 0 Å². The average Bonchev–Trinajstić information content (AvgIpc) is 2.88. The van der Waals surface area contributed by atoms with Crippen LogP contribution in [0, 0.1) is 0 Å². The van der Waals surface area contributed by atoms with Crippen LogP contribution in [-0.2, 0) is 9.59 Å². The molecule has 0 aromatic heterocycles. The zero-order valence-corrected chi connectivity index (χ0v) is 19.2. The number of anilines is 2. The van der Waals surface area contributed by atoms with Gasteiger partial charge in [-0.3, -0.25) is 14.8 Å². The molecule has 0 saturated carbocycles. The number of unbranched alkanes of at least 4 members (excludes halogenated alkanes) is 3. The Morgan fingerprint density at radius 2 is 1.61 bits per heavy atom. The van der Waals surface area contributed by atoms with E-state index in [1.807, 2.05) is 42.5 Å². The van der Waals surface area contributed by atoms with E-state index < -0.39 is 0 Å². The second kappa shape index (κ2) is 13.5. The molecule has 7 heteroatoms. The van der Waals surface area contributed by atoms with E-state index in [0.717, 1.165) is 38.0 Å². The Bertz CT molecular complexity index is 852. The predicted molar refractivity (Wildman–Crippen MR) is 130 cm³/mol. The Morgan fingerprint density at radius 3 is 2.30 bits per heavy atom. The van der Waals surface area contributed by atoms with Crippen molar-refractivity contribution in [1.29, 1.82) is 0 Å². The van der Waals surface area contributed by atoms with Crippen LogP contribution in [0.4, 0.5) is 11.4 Å². The molecule has 0 radical (unpaired) electrons. The first-order valence-corrected chi connectivity index (χ1v) is 11.9. The molecular weight excluding hydrogens is 418 g/mol. The van der Waals surface area contributed by atoms with Crippen LogP contribution >= 0.6 is 0 Å². The van der Waals surface area contributed by atoms with Crippen molar-refractivity contribution in [2.75, 3.05) is 36.0 Å². The molecule has 2 aromatic carbocycles. The third-order valence-corrected chi connectivity index (χ3v) is 5.95. The Hall–Kier alpha value is -3.06. The minimum absolute atomic E-state index is 0.0193. The fraction of sp³-hybridized carbons (Fsp3) is 0.462. The number of carbonyl (C=O) groups is 2. The number of rotatable bonds is 12. The molecule has 1 aliphatic rings. The number of para-hydroxylation sites is 1. The highest BCUT2D eigenvalue weighted by Gasteiger charge is 2.17. The summed E-state index contributed by atoms with van der Waals surface area (Å²) in [7, 11) is 0. The van der Waals surface area contributed by atoms with Gasteiger partial charge >= 0.3 is 0 Å². The summed E-state index contributed by atoms with van der Waals surface area (Å²) < 4.78 is 5.71. The lowest BCUT2D eigenvalue weighted by Gasteiger charge is -2.29. The van der Waals surface area contributed by atoms with E-state index in [9.17, 15) is 9.59 Å². The fourth-order valence-corrected chi connectivity index (χ4v) is 4.10. The number of carbonyl (C=O) groups excluding carboxylic acids is 2. The Morgan fingerprint density at radius 1 is 0.909 bits per heavy atom. The van der Waals surface area contributed by atoms with Crippen LogP contribution < -0.4 is 20.0 Å². The number of amides is 2. The van der Waals surface area contributed by atoms with E-state index >= 15 is 0 Å². The van der Waals surface area contributed by atoms with Gasteiger partial charge in [0.2, 0.25) is 5.91 Å². The molecule has 2 aromatic rings. The van der Waals surface area contributed by atoms with Crippen LogP contribution in [0.1, 0.15) is 51.4 Å². The van der Waals surface area contributed by atoms with Crippen molar-refractivity contribution in [2.24, 2.45) is 0 Å². The highest BCUT2D eigenvalue weighted by molar-refractivity contribution is 5.94. The third-order valence-electron chi connectivity index (χ3n) is 5.95. The van der Waals surface area contributed by atoms with Crippen molar-refractivity contribution in [3.05, 3.63) is 54.6 Å². The van der Waals surface area contributed by atoms with Crippen molar-refractivity contribution in [3.63, 3.8) is 0 Å². The number of hydrogen-bond donors (Lipinski definition) is 2. The lowest BCUT2D eigenvalue weighted by molar-refractivity contribution is -0.129. The zero-order valence-electron chi connectivity index (χ0n) is 19.2. The molecule has 0 bridgehead atoms. The third kappa shape index (κ3) is 8.09. The van der Waals surface area contributed by atoms with E-state index in [0.29, 0.717) is 25.1 Å². The molecule has 0 unspecified atom stereocenters. The van der Waals surface area contributed by atoms with E-state index in [-0.39, 0.29) is 18.4 Å². The molecule has 7 nitrogen and oxygen atoms in total. The summed E-state index contributed by atoms with van der Waals surface area (Å²) in [6.07, 6.45) is 7.35. The Labute approximate surface area is 196 Å². The normalized spacial score (nSPS) is 13.4. The monoisotopic (exact) mass is 453 g/mol. The van der Waals surface area contributed by atoms with Gasteiger partial charge in [0.1, 0.15) is 5.75 Å². The fourth-order valence-electron chi connectivity index (χ4n) is 4.10. The maximum atomic E-state index is 13.1. The first kappa shape index (κ1) is 24.6. The lowest BCUT2D eigenvalue weighted by Crippen LogP contribution is -2.36. The van der Waals surface area contributed by atoms with Crippen LogP contribution in [-0.4, -0.2) is 43.3 Å². The number of ether oxygens (including phenoxy) is 1. The summed E-state index contributed by atoms with van der Waals surface area (Å²) >= 11 is 0. The van der Waals surface area contributed by atoms with Gasteiger partial charge in [-0.25, -0.2) is 5.48 Å². The van der Waals surface area contributed by atoms with Gasteiger partial charge in [-0.1, -0.05) is 31.0 Å². The van der Waals surface area contributed by atoms with E-state index in [1.54, 1.807) is 10.4 Å². The van der Waals surface area contributed by atoms with Crippen molar-refractivity contribution in [2.45, 2.75) is 51.4 Å². The molecule has 33 heavy (non-hydrogen) atoms. The van der Waals surface area contributed by atoms with Crippen LogP contribution in [0.2, 0.25) is 0 Å². The number of piperidine rings is 1.